The predicted octanol–water partition coefficient (Wildman–Crippen LogP) is 22.9. The summed E-state index contributed by atoms with van der Waals surface area (Å²) < 4.78 is 68.5. The van der Waals surface area contributed by atoms with Crippen molar-refractivity contribution in [2.45, 2.75) is 329 Å². The summed E-state index contributed by atoms with van der Waals surface area (Å²) in [5.41, 5.74) is 0. The molecule has 0 saturated carbocycles. The van der Waals surface area contributed by atoms with Gasteiger partial charge < -0.3 is 33.8 Å². The van der Waals surface area contributed by atoms with Crippen LogP contribution >= 0.6 is 15.6 Å². The van der Waals surface area contributed by atoms with Gasteiger partial charge in [0.15, 0.2) is 12.2 Å². The number of allylic oxidation sites excluding steroid dienone is 22. The number of hydrogen-bond acceptors (Lipinski definition) is 15. The zero-order chi connectivity index (χ0) is 74.6. The molecule has 102 heavy (non-hydrogen) atoms. The monoisotopic (exact) mass is 1470 g/mol. The fraction of sp³-hybridized carbons (Fsp3) is 0.687. The lowest BCUT2D eigenvalue weighted by atomic mass is 10.1. The van der Waals surface area contributed by atoms with E-state index in [2.05, 4.69) is 161 Å². The summed E-state index contributed by atoms with van der Waals surface area (Å²) >= 11 is 0. The van der Waals surface area contributed by atoms with Crippen LogP contribution in [0.5, 0.6) is 0 Å². The third kappa shape index (κ3) is 73.5. The molecule has 0 fully saturated rings. The van der Waals surface area contributed by atoms with E-state index >= 15 is 0 Å². The van der Waals surface area contributed by atoms with Crippen LogP contribution in [0.2, 0.25) is 0 Å². The normalized spacial score (nSPS) is 14.6. The highest BCUT2D eigenvalue weighted by Crippen LogP contribution is 2.45. The van der Waals surface area contributed by atoms with Crippen LogP contribution in [0.15, 0.2) is 134 Å². The second-order valence-corrected chi connectivity index (χ2v) is 28.8. The Bertz CT molecular complexity index is 2460. The Balaban J connectivity index is 5.38. The fourth-order valence-electron chi connectivity index (χ4n) is 10.1. The molecule has 0 aliphatic carbocycles. The van der Waals surface area contributed by atoms with E-state index in [4.69, 9.17) is 37.0 Å². The first-order valence-electron chi connectivity index (χ1n) is 39.4. The van der Waals surface area contributed by atoms with Crippen molar-refractivity contribution in [3.8, 4) is 0 Å². The fourth-order valence-corrected chi connectivity index (χ4v) is 11.7. The molecule has 0 amide bonds. The Morgan fingerprint density at radius 2 is 0.529 bits per heavy atom. The molecule has 0 aromatic heterocycles. The van der Waals surface area contributed by atoms with Crippen LogP contribution in [0, 0.1) is 0 Å². The molecule has 3 N–H and O–H groups in total. The van der Waals surface area contributed by atoms with Crippen LogP contribution in [-0.2, 0) is 65.4 Å². The highest BCUT2D eigenvalue weighted by Gasteiger charge is 2.30. The van der Waals surface area contributed by atoms with Crippen LogP contribution in [0.1, 0.15) is 310 Å². The Morgan fingerprint density at radius 1 is 0.284 bits per heavy atom. The Kier molecular flexibility index (Phi) is 71.0. The molecule has 0 aliphatic rings. The van der Waals surface area contributed by atoms with E-state index in [0.717, 1.165) is 212 Å². The maximum atomic E-state index is 13.1. The summed E-state index contributed by atoms with van der Waals surface area (Å²) in [6.45, 7) is 4.49. The molecule has 5 atom stereocenters. The lowest BCUT2D eigenvalue weighted by Gasteiger charge is -2.21. The molecule has 17 nitrogen and oxygen atoms in total. The van der Waals surface area contributed by atoms with E-state index < -0.39 is 97.5 Å². The van der Waals surface area contributed by atoms with Crippen molar-refractivity contribution in [2.24, 2.45) is 0 Å². The van der Waals surface area contributed by atoms with E-state index in [9.17, 15) is 43.2 Å². The Morgan fingerprint density at radius 3 is 0.824 bits per heavy atom. The minimum atomic E-state index is -4.99. The maximum absolute atomic E-state index is 13.1. The first-order chi connectivity index (χ1) is 49.7. The van der Waals surface area contributed by atoms with E-state index in [-0.39, 0.29) is 25.7 Å². The van der Waals surface area contributed by atoms with Crippen LogP contribution in [0.25, 0.3) is 0 Å². The van der Waals surface area contributed by atoms with Crippen LogP contribution in [-0.4, -0.2) is 96.7 Å². The molecular formula is C83H140O17P2. The molecule has 0 aromatic rings. The van der Waals surface area contributed by atoms with Crippen molar-refractivity contribution in [1.29, 1.82) is 0 Å². The Labute approximate surface area is 618 Å². The number of carbonyl (C=O) groups excluding carboxylic acids is 4. The van der Waals surface area contributed by atoms with Crippen LogP contribution in [0.3, 0.4) is 0 Å². The summed E-state index contributed by atoms with van der Waals surface area (Å²) in [6.07, 6.45) is 82.9. The number of hydrogen-bond donors (Lipinski definition) is 3. The van der Waals surface area contributed by atoms with Gasteiger partial charge in [-0.25, -0.2) is 9.13 Å². The van der Waals surface area contributed by atoms with Gasteiger partial charge in [0.2, 0.25) is 0 Å². The molecule has 584 valence electrons. The van der Waals surface area contributed by atoms with Crippen molar-refractivity contribution >= 4 is 39.5 Å². The van der Waals surface area contributed by atoms with E-state index in [1.54, 1.807) is 0 Å². The van der Waals surface area contributed by atoms with Gasteiger partial charge in [-0.15, -0.1) is 0 Å². The van der Waals surface area contributed by atoms with Gasteiger partial charge >= 0.3 is 39.5 Å². The number of phosphoric ester groups is 2. The van der Waals surface area contributed by atoms with Crippen molar-refractivity contribution in [3.63, 3.8) is 0 Å². The number of aliphatic hydroxyl groups excluding tert-OH is 1. The molecule has 19 heteroatoms. The number of rotatable bonds is 73. The van der Waals surface area contributed by atoms with Crippen LogP contribution in [0.4, 0.5) is 0 Å². The summed E-state index contributed by atoms with van der Waals surface area (Å²) in [7, 11) is -9.98. The minimum absolute atomic E-state index is 0.0680. The molecule has 0 heterocycles. The topological polar surface area (TPSA) is 237 Å². The zero-order valence-corrected chi connectivity index (χ0v) is 65.5. The molecular weight excluding hydrogens is 1330 g/mol. The second kappa shape index (κ2) is 74.5. The number of carbonyl (C=O) groups is 4. The Hall–Kier alpha value is -4.80. The summed E-state index contributed by atoms with van der Waals surface area (Å²) in [5.74, 6) is -2.24. The maximum Gasteiger partial charge on any atom is 0.472 e. The molecule has 0 rings (SSSR count). The van der Waals surface area contributed by atoms with Gasteiger partial charge in [0.25, 0.3) is 0 Å². The lowest BCUT2D eigenvalue weighted by molar-refractivity contribution is -0.161. The molecule has 0 aliphatic heterocycles. The average Bonchev–Trinajstić information content (AvgIpc) is 0.919. The number of phosphoric acid groups is 2. The highest BCUT2D eigenvalue weighted by atomic mass is 31.2. The van der Waals surface area contributed by atoms with Crippen LogP contribution < -0.4 is 0 Å². The quantitative estimate of drug-likeness (QED) is 0.0169. The van der Waals surface area contributed by atoms with Gasteiger partial charge in [0.05, 0.1) is 26.4 Å². The molecule has 0 spiro atoms. The molecule has 5 unspecified atom stereocenters. The zero-order valence-electron chi connectivity index (χ0n) is 63.7. The largest absolute Gasteiger partial charge is 0.472 e. The lowest BCUT2D eigenvalue weighted by Crippen LogP contribution is -2.30. The van der Waals surface area contributed by atoms with E-state index in [1.165, 1.54) is 19.3 Å². The van der Waals surface area contributed by atoms with Gasteiger partial charge in [-0.05, 0) is 154 Å². The molecule has 0 radical (unpaired) electrons. The van der Waals surface area contributed by atoms with Crippen molar-refractivity contribution in [3.05, 3.63) is 134 Å². The summed E-state index contributed by atoms with van der Waals surface area (Å²) in [4.78, 5) is 73.0. The van der Waals surface area contributed by atoms with Crippen molar-refractivity contribution in [2.75, 3.05) is 39.6 Å². The summed E-state index contributed by atoms with van der Waals surface area (Å²) in [6, 6.07) is 0. The number of aliphatic hydroxyl groups is 1. The van der Waals surface area contributed by atoms with Gasteiger partial charge in [0.1, 0.15) is 19.3 Å². The smallest absolute Gasteiger partial charge is 0.462 e. The third-order valence-electron chi connectivity index (χ3n) is 16.1. The third-order valence-corrected chi connectivity index (χ3v) is 18.0. The van der Waals surface area contributed by atoms with Gasteiger partial charge in [-0.1, -0.05) is 264 Å². The minimum Gasteiger partial charge on any atom is -0.462 e. The summed E-state index contributed by atoms with van der Waals surface area (Å²) in [5, 5.41) is 10.6. The van der Waals surface area contributed by atoms with E-state index in [0.29, 0.717) is 25.7 Å². The molecule has 0 bridgehead atoms. The number of esters is 4. The molecule has 0 saturated heterocycles. The predicted molar refractivity (Wildman–Crippen MR) is 418 cm³/mol. The average molecular weight is 1470 g/mol. The van der Waals surface area contributed by atoms with Gasteiger partial charge in [-0.3, -0.25) is 37.3 Å². The highest BCUT2D eigenvalue weighted by molar-refractivity contribution is 7.47. The first kappa shape index (κ1) is 97.2. The standard InChI is InChI=1S/C83H140O17P2/c1-5-9-13-17-21-25-29-33-36-37-38-39-42-45-48-52-56-60-64-68-81(86)94-73-78(99-82(87)69-65-61-57-53-49-43-32-28-24-20-16-12-8-4)75-97-101(89,90)95-71-77(84)72-96-102(91,92)98-76-79(100-83(88)70-66-62-58-54-50-46-41-35-31-27-23-19-15-11-7-3)74-93-80(85)67-63-59-55-51-47-44-40-34-30-26-22-18-14-10-6-2/h10-11,14-16,20-23,25-28,32-36,38-41,77-79,84H,5-9,12-13,17-19,24,29-31,37,42-76H2,1-4H3,(H,89,90)(H,91,92)/b14-10-,15-11-,20-16-,25-21-,26-22-,27-23-,32-28-,36-33-,39-38-,40-34-,41-35-. The SMILES string of the molecule is CC/C=C\C/C=C\C/C=C\CCCCCCCC(=O)OCC(COP(=O)(O)OCC(O)COP(=O)(O)OCC(COC(=O)CCCCCCCC/C=C\C/C=C\C/C=C\CCCCC)OC(=O)CCCCCCC/C=C\C/C=C\CCC)OC(=O)CCCCCCC/C=C\C/C=C\C/C=C\CC. The first-order valence-corrected chi connectivity index (χ1v) is 42.4. The van der Waals surface area contributed by atoms with Crippen molar-refractivity contribution in [1.82, 2.24) is 0 Å². The molecule has 0 aromatic carbocycles. The van der Waals surface area contributed by atoms with Gasteiger partial charge in [-0.2, -0.15) is 0 Å². The second-order valence-electron chi connectivity index (χ2n) is 25.9. The van der Waals surface area contributed by atoms with Gasteiger partial charge in [0, 0.05) is 25.7 Å². The number of ether oxygens (including phenoxy) is 4. The van der Waals surface area contributed by atoms with Crippen molar-refractivity contribution < 1.29 is 80.2 Å². The van der Waals surface area contributed by atoms with E-state index in [1.807, 2.05) is 0 Å². The number of unbranched alkanes of at least 4 members (excludes halogenated alkanes) is 25.